The van der Waals surface area contributed by atoms with E-state index in [9.17, 15) is 14.4 Å². The molecule has 0 fully saturated rings. The number of alkyl carbamates (subject to hydrolysis) is 1. The van der Waals surface area contributed by atoms with Gasteiger partial charge < -0.3 is 20.3 Å². The van der Waals surface area contributed by atoms with Gasteiger partial charge >= 0.3 is 6.09 Å². The SMILES string of the molecule is CCCCCCCN(C(=O)C(C)NC(=O)OC(C)(C)C)C(C(=O)NC(C)CCC)c1ccc(C)cc1C. The summed E-state index contributed by atoms with van der Waals surface area (Å²) in [5, 5.41) is 5.81. The molecule has 3 amide bonds. The van der Waals surface area contributed by atoms with Crippen LogP contribution in [0, 0.1) is 13.8 Å². The Kier molecular flexibility index (Phi) is 13.7. The second-order valence-electron chi connectivity index (χ2n) is 11.3. The van der Waals surface area contributed by atoms with E-state index in [1.165, 1.54) is 0 Å². The third-order valence-corrected chi connectivity index (χ3v) is 6.28. The molecule has 0 aliphatic heterocycles. The number of benzene rings is 1. The average molecular weight is 518 g/mol. The number of carbonyl (C=O) groups excluding carboxylic acids is 3. The predicted molar refractivity (Wildman–Crippen MR) is 150 cm³/mol. The number of nitrogens with zero attached hydrogens (tertiary/aromatic N) is 1. The van der Waals surface area contributed by atoms with Crippen LogP contribution in [0.4, 0.5) is 4.79 Å². The number of hydrogen-bond acceptors (Lipinski definition) is 4. The van der Waals surface area contributed by atoms with E-state index in [1.807, 2.05) is 39.0 Å². The molecule has 0 bridgehead atoms. The van der Waals surface area contributed by atoms with Crippen molar-refractivity contribution < 1.29 is 19.1 Å². The maximum Gasteiger partial charge on any atom is 0.408 e. The van der Waals surface area contributed by atoms with E-state index in [0.717, 1.165) is 61.6 Å². The lowest BCUT2D eigenvalue weighted by molar-refractivity contribution is -0.142. The van der Waals surface area contributed by atoms with Gasteiger partial charge in [-0.15, -0.1) is 0 Å². The average Bonchev–Trinajstić information content (AvgIpc) is 2.77. The van der Waals surface area contributed by atoms with Crippen LogP contribution < -0.4 is 10.6 Å². The minimum atomic E-state index is -0.848. The van der Waals surface area contributed by atoms with Crippen LogP contribution in [-0.4, -0.2) is 47.0 Å². The number of aryl methyl sites for hydroxylation is 2. The zero-order chi connectivity index (χ0) is 28.2. The zero-order valence-corrected chi connectivity index (χ0v) is 24.7. The maximum absolute atomic E-state index is 13.8. The summed E-state index contributed by atoms with van der Waals surface area (Å²) in [6, 6.07) is 4.32. The smallest absolute Gasteiger partial charge is 0.408 e. The maximum atomic E-state index is 13.8. The third kappa shape index (κ3) is 11.6. The molecule has 3 unspecified atom stereocenters. The van der Waals surface area contributed by atoms with Gasteiger partial charge in [-0.25, -0.2) is 4.79 Å². The lowest BCUT2D eigenvalue weighted by atomic mass is 9.96. The van der Waals surface area contributed by atoms with Gasteiger partial charge in [0.2, 0.25) is 11.8 Å². The molecule has 0 aliphatic rings. The van der Waals surface area contributed by atoms with Gasteiger partial charge in [-0.3, -0.25) is 9.59 Å². The predicted octanol–water partition coefficient (Wildman–Crippen LogP) is 6.36. The van der Waals surface area contributed by atoms with Gasteiger partial charge in [-0.2, -0.15) is 0 Å². The summed E-state index contributed by atoms with van der Waals surface area (Å²) >= 11 is 0. The number of ether oxygens (including phenoxy) is 1. The van der Waals surface area contributed by atoms with E-state index in [4.69, 9.17) is 4.74 Å². The second-order valence-corrected chi connectivity index (χ2v) is 11.3. The molecule has 0 heterocycles. The summed E-state index contributed by atoms with van der Waals surface area (Å²) in [6.07, 6.45) is 6.25. The van der Waals surface area contributed by atoms with Gasteiger partial charge in [0.05, 0.1) is 0 Å². The molecular weight excluding hydrogens is 466 g/mol. The minimum Gasteiger partial charge on any atom is -0.444 e. The van der Waals surface area contributed by atoms with E-state index in [0.29, 0.717) is 6.54 Å². The first-order valence-corrected chi connectivity index (χ1v) is 14.0. The second kappa shape index (κ2) is 15.6. The van der Waals surface area contributed by atoms with Gasteiger partial charge in [-0.1, -0.05) is 69.7 Å². The number of hydrogen-bond donors (Lipinski definition) is 2. The fraction of sp³-hybridized carbons (Fsp3) is 0.700. The van der Waals surface area contributed by atoms with Gasteiger partial charge in [0, 0.05) is 12.6 Å². The van der Waals surface area contributed by atoms with Crippen LogP contribution in [0.1, 0.15) is 116 Å². The van der Waals surface area contributed by atoms with Crippen molar-refractivity contribution in [3.05, 3.63) is 34.9 Å². The summed E-state index contributed by atoms with van der Waals surface area (Å²) < 4.78 is 5.37. The van der Waals surface area contributed by atoms with Crippen LogP contribution in [0.3, 0.4) is 0 Å². The Hall–Kier alpha value is -2.57. The van der Waals surface area contributed by atoms with Crippen molar-refractivity contribution in [2.75, 3.05) is 6.54 Å². The van der Waals surface area contributed by atoms with Crippen LogP contribution >= 0.6 is 0 Å². The lowest BCUT2D eigenvalue weighted by Crippen LogP contribution is -2.53. The third-order valence-electron chi connectivity index (χ3n) is 6.28. The van der Waals surface area contributed by atoms with Crippen LogP contribution in [0.25, 0.3) is 0 Å². The fourth-order valence-electron chi connectivity index (χ4n) is 4.46. The Bertz CT molecular complexity index is 878. The van der Waals surface area contributed by atoms with Crippen LogP contribution in [0.2, 0.25) is 0 Å². The van der Waals surface area contributed by atoms with Gasteiger partial charge in [0.15, 0.2) is 0 Å². The molecule has 2 N–H and O–H groups in total. The molecule has 0 aromatic heterocycles. The van der Waals surface area contributed by atoms with Crippen molar-refractivity contribution in [1.82, 2.24) is 15.5 Å². The van der Waals surface area contributed by atoms with Gasteiger partial charge in [0.25, 0.3) is 0 Å². The molecule has 1 aromatic carbocycles. The van der Waals surface area contributed by atoms with Crippen molar-refractivity contribution in [3.8, 4) is 0 Å². The van der Waals surface area contributed by atoms with Crippen molar-refractivity contribution in [2.45, 2.75) is 131 Å². The number of amides is 3. The molecule has 1 rings (SSSR count). The van der Waals surface area contributed by atoms with E-state index >= 15 is 0 Å². The minimum absolute atomic E-state index is 0.00966. The molecule has 210 valence electrons. The van der Waals surface area contributed by atoms with Crippen molar-refractivity contribution in [3.63, 3.8) is 0 Å². The Morgan fingerprint density at radius 2 is 1.59 bits per heavy atom. The van der Waals surface area contributed by atoms with Crippen LogP contribution in [0.5, 0.6) is 0 Å². The molecule has 0 spiro atoms. The highest BCUT2D eigenvalue weighted by atomic mass is 16.6. The molecule has 0 aliphatic carbocycles. The largest absolute Gasteiger partial charge is 0.444 e. The number of rotatable bonds is 14. The summed E-state index contributed by atoms with van der Waals surface area (Å²) in [6.45, 7) is 17.6. The quantitative estimate of drug-likeness (QED) is 0.281. The Morgan fingerprint density at radius 3 is 2.16 bits per heavy atom. The van der Waals surface area contributed by atoms with Crippen molar-refractivity contribution in [2.24, 2.45) is 0 Å². The monoisotopic (exact) mass is 517 g/mol. The highest BCUT2D eigenvalue weighted by Gasteiger charge is 2.35. The molecule has 0 radical (unpaired) electrons. The fourth-order valence-corrected chi connectivity index (χ4v) is 4.46. The highest BCUT2D eigenvalue weighted by molar-refractivity contribution is 5.92. The molecular formula is C30H51N3O4. The first-order chi connectivity index (χ1) is 17.3. The van der Waals surface area contributed by atoms with E-state index in [-0.39, 0.29) is 17.9 Å². The molecule has 7 nitrogen and oxygen atoms in total. The van der Waals surface area contributed by atoms with Crippen LogP contribution in [0.15, 0.2) is 18.2 Å². The van der Waals surface area contributed by atoms with E-state index in [2.05, 4.69) is 24.5 Å². The molecule has 0 saturated carbocycles. The van der Waals surface area contributed by atoms with E-state index in [1.54, 1.807) is 32.6 Å². The molecule has 7 heteroatoms. The zero-order valence-electron chi connectivity index (χ0n) is 24.7. The normalized spacial score (nSPS) is 13.9. The Labute approximate surface area is 225 Å². The molecule has 3 atom stereocenters. The van der Waals surface area contributed by atoms with Gasteiger partial charge in [0.1, 0.15) is 17.7 Å². The summed E-state index contributed by atoms with van der Waals surface area (Å²) in [7, 11) is 0. The van der Waals surface area contributed by atoms with Crippen molar-refractivity contribution in [1.29, 1.82) is 0 Å². The highest BCUT2D eigenvalue weighted by Crippen LogP contribution is 2.27. The number of nitrogens with one attached hydrogen (secondary N) is 2. The Morgan fingerprint density at radius 1 is 0.946 bits per heavy atom. The Balaban J connectivity index is 3.37. The number of carbonyl (C=O) groups is 3. The summed E-state index contributed by atoms with van der Waals surface area (Å²) in [5.41, 5.74) is 2.18. The van der Waals surface area contributed by atoms with Crippen LogP contribution in [-0.2, 0) is 14.3 Å². The molecule has 0 saturated heterocycles. The van der Waals surface area contributed by atoms with Gasteiger partial charge in [-0.05, 0) is 72.4 Å². The molecule has 1 aromatic rings. The lowest BCUT2D eigenvalue weighted by Gasteiger charge is -2.35. The summed E-state index contributed by atoms with van der Waals surface area (Å²) in [4.78, 5) is 41.7. The standard InChI is InChI=1S/C30H51N3O4/c1-10-12-13-14-15-19-33(28(35)24(6)32-29(36)37-30(7,8)9)26(27(34)31-23(5)16-11-2)25-18-17-21(3)20-22(25)4/h17-18,20,23-24,26H,10-16,19H2,1-9H3,(H,31,34)(H,32,36). The van der Waals surface area contributed by atoms with E-state index < -0.39 is 23.8 Å². The topological polar surface area (TPSA) is 87.7 Å². The van der Waals surface area contributed by atoms with Crippen molar-refractivity contribution >= 4 is 17.9 Å². The first-order valence-electron chi connectivity index (χ1n) is 14.0. The summed E-state index contributed by atoms with van der Waals surface area (Å²) in [5.74, 6) is -0.496. The molecule has 37 heavy (non-hydrogen) atoms. The number of unbranched alkanes of at least 4 members (excludes halogenated alkanes) is 4. The first kappa shape index (κ1) is 32.5.